The SMILES string of the molecule is Cn1cnc(S(=O)(=O)NC(=O)[C@H]2C3CCC(CC3)[C@@H]2C(F)(F)F)c1. The minimum atomic E-state index is -4.51. The van der Waals surface area contributed by atoms with Gasteiger partial charge >= 0.3 is 6.18 Å². The van der Waals surface area contributed by atoms with Crippen LogP contribution in [0.1, 0.15) is 25.7 Å². The molecule has 24 heavy (non-hydrogen) atoms. The molecule has 0 aromatic carbocycles. The number of nitrogens with zero attached hydrogens (tertiary/aromatic N) is 2. The van der Waals surface area contributed by atoms with E-state index < -0.39 is 45.8 Å². The molecule has 3 aliphatic carbocycles. The molecule has 3 fully saturated rings. The molecule has 0 unspecified atom stereocenters. The summed E-state index contributed by atoms with van der Waals surface area (Å²) in [6.45, 7) is 0. The largest absolute Gasteiger partial charge is 0.392 e. The second kappa shape index (κ2) is 5.75. The number of hydrogen-bond acceptors (Lipinski definition) is 4. The molecule has 1 amide bonds. The minimum absolute atomic E-state index is 0.386. The zero-order valence-corrected chi connectivity index (χ0v) is 13.8. The minimum Gasteiger partial charge on any atom is -0.339 e. The van der Waals surface area contributed by atoms with E-state index in [0.717, 1.165) is 0 Å². The Morgan fingerprint density at radius 2 is 1.83 bits per heavy atom. The van der Waals surface area contributed by atoms with E-state index in [1.54, 1.807) is 11.8 Å². The van der Waals surface area contributed by atoms with E-state index in [1.807, 2.05) is 0 Å². The number of aryl methyl sites for hydroxylation is 1. The summed E-state index contributed by atoms with van der Waals surface area (Å²) in [7, 11) is -2.72. The molecular formula is C14H18F3N3O3S. The molecule has 3 aliphatic rings. The molecule has 1 N–H and O–H groups in total. The first-order valence-corrected chi connectivity index (χ1v) is 9.19. The van der Waals surface area contributed by atoms with E-state index in [-0.39, 0.29) is 5.03 Å². The number of imidazole rings is 1. The fraction of sp³-hybridized carbons (Fsp3) is 0.714. The molecule has 1 aromatic heterocycles. The van der Waals surface area contributed by atoms with E-state index in [4.69, 9.17) is 0 Å². The predicted molar refractivity (Wildman–Crippen MR) is 77.0 cm³/mol. The second-order valence-corrected chi connectivity index (χ2v) is 8.24. The van der Waals surface area contributed by atoms with Crippen LogP contribution in [0.25, 0.3) is 0 Å². The van der Waals surface area contributed by atoms with Gasteiger partial charge in [-0.3, -0.25) is 4.79 Å². The van der Waals surface area contributed by atoms with Crippen LogP contribution in [0.3, 0.4) is 0 Å². The summed E-state index contributed by atoms with van der Waals surface area (Å²) < 4.78 is 67.8. The molecule has 0 spiro atoms. The Kier molecular flexibility index (Phi) is 4.13. The summed E-state index contributed by atoms with van der Waals surface area (Å²) in [5.74, 6) is -5.24. The average Bonchev–Trinajstić information content (AvgIpc) is 2.93. The topological polar surface area (TPSA) is 81.1 Å². The highest BCUT2D eigenvalue weighted by molar-refractivity contribution is 7.90. The van der Waals surface area contributed by atoms with Gasteiger partial charge in [-0.25, -0.2) is 9.71 Å². The lowest BCUT2D eigenvalue weighted by molar-refractivity contribution is -0.228. The smallest absolute Gasteiger partial charge is 0.339 e. The van der Waals surface area contributed by atoms with Crippen molar-refractivity contribution in [1.29, 1.82) is 0 Å². The van der Waals surface area contributed by atoms with E-state index in [2.05, 4.69) is 4.98 Å². The lowest BCUT2D eigenvalue weighted by Crippen LogP contribution is -2.53. The van der Waals surface area contributed by atoms with Crippen molar-refractivity contribution in [3.63, 3.8) is 0 Å². The monoisotopic (exact) mass is 365 g/mol. The molecule has 3 saturated carbocycles. The number of sulfonamides is 1. The highest BCUT2D eigenvalue weighted by atomic mass is 32.2. The number of aromatic nitrogens is 2. The number of alkyl halides is 3. The molecule has 134 valence electrons. The van der Waals surface area contributed by atoms with Crippen LogP contribution in [0.4, 0.5) is 13.2 Å². The Bertz CT molecular complexity index is 736. The van der Waals surface area contributed by atoms with Crippen molar-refractivity contribution >= 4 is 15.9 Å². The van der Waals surface area contributed by atoms with E-state index in [9.17, 15) is 26.4 Å². The standard InChI is InChI=1S/C14H18F3N3O3S/c1-20-6-10(18-7-20)24(22,23)19-13(21)11-8-2-4-9(5-3-8)12(11)14(15,16)17/h6-9,11-12H,2-5H2,1H3,(H,19,21)/t8?,9?,11-,12-/m0/s1. The van der Waals surface area contributed by atoms with Gasteiger partial charge in [0.25, 0.3) is 10.0 Å². The number of rotatable bonds is 3. The van der Waals surface area contributed by atoms with Gasteiger partial charge in [0.1, 0.15) is 0 Å². The fourth-order valence-corrected chi connectivity index (χ4v) is 5.07. The maximum Gasteiger partial charge on any atom is 0.392 e. The van der Waals surface area contributed by atoms with Crippen molar-refractivity contribution in [3.05, 3.63) is 12.5 Å². The Morgan fingerprint density at radius 1 is 1.25 bits per heavy atom. The average molecular weight is 365 g/mol. The van der Waals surface area contributed by atoms with Gasteiger partial charge in [-0.1, -0.05) is 0 Å². The molecule has 10 heteroatoms. The molecule has 4 rings (SSSR count). The van der Waals surface area contributed by atoms with Crippen LogP contribution in [-0.2, 0) is 21.9 Å². The number of halogens is 3. The van der Waals surface area contributed by atoms with Crippen molar-refractivity contribution in [2.24, 2.45) is 30.7 Å². The fourth-order valence-electron chi connectivity index (χ4n) is 4.08. The number of hydrogen-bond donors (Lipinski definition) is 1. The zero-order valence-electron chi connectivity index (χ0n) is 13.0. The highest BCUT2D eigenvalue weighted by Crippen LogP contribution is 2.54. The van der Waals surface area contributed by atoms with E-state index in [0.29, 0.717) is 25.7 Å². The Hall–Kier alpha value is -1.58. The zero-order chi connectivity index (χ0) is 17.7. The third kappa shape index (κ3) is 3.03. The van der Waals surface area contributed by atoms with Crippen LogP contribution in [0.5, 0.6) is 0 Å². The summed E-state index contributed by atoms with van der Waals surface area (Å²) in [4.78, 5) is 16.1. The third-order valence-electron chi connectivity index (χ3n) is 5.09. The van der Waals surface area contributed by atoms with E-state index in [1.165, 1.54) is 17.1 Å². The predicted octanol–water partition coefficient (Wildman–Crippen LogP) is 1.84. The number of carbonyl (C=O) groups excluding carboxylic acids is 1. The lowest BCUT2D eigenvalue weighted by Gasteiger charge is -2.48. The van der Waals surface area contributed by atoms with Gasteiger partial charge in [0.05, 0.1) is 18.2 Å². The van der Waals surface area contributed by atoms with Crippen LogP contribution in [0.2, 0.25) is 0 Å². The summed E-state index contributed by atoms with van der Waals surface area (Å²) in [5.41, 5.74) is 0. The van der Waals surface area contributed by atoms with Crippen molar-refractivity contribution in [1.82, 2.24) is 14.3 Å². The maximum absolute atomic E-state index is 13.4. The molecule has 2 bridgehead atoms. The number of nitrogens with one attached hydrogen (secondary N) is 1. The molecule has 2 atom stereocenters. The molecule has 1 heterocycles. The van der Waals surface area contributed by atoms with Gasteiger partial charge < -0.3 is 4.57 Å². The normalized spacial score (nSPS) is 30.3. The molecular weight excluding hydrogens is 347 g/mol. The van der Waals surface area contributed by atoms with Crippen molar-refractivity contribution in [2.75, 3.05) is 0 Å². The third-order valence-corrected chi connectivity index (χ3v) is 6.32. The highest BCUT2D eigenvalue weighted by Gasteiger charge is 2.58. The Labute approximate surface area is 137 Å². The number of carbonyl (C=O) groups is 1. The van der Waals surface area contributed by atoms with Gasteiger partial charge in [0, 0.05) is 13.2 Å². The van der Waals surface area contributed by atoms with Gasteiger partial charge in [0.2, 0.25) is 5.91 Å². The number of amides is 1. The molecule has 6 nitrogen and oxygen atoms in total. The van der Waals surface area contributed by atoms with Crippen LogP contribution >= 0.6 is 0 Å². The molecule has 0 saturated heterocycles. The quantitative estimate of drug-likeness (QED) is 0.886. The summed E-state index contributed by atoms with van der Waals surface area (Å²) in [6.07, 6.45) is -0.167. The Morgan fingerprint density at radius 3 is 2.33 bits per heavy atom. The molecule has 0 aliphatic heterocycles. The summed E-state index contributed by atoms with van der Waals surface area (Å²) in [5, 5.41) is -0.386. The van der Waals surface area contributed by atoms with Gasteiger partial charge in [-0.15, -0.1) is 0 Å². The first-order valence-electron chi connectivity index (χ1n) is 7.71. The Balaban J connectivity index is 1.85. The van der Waals surface area contributed by atoms with Gasteiger partial charge in [0.15, 0.2) is 5.03 Å². The van der Waals surface area contributed by atoms with Crippen LogP contribution < -0.4 is 4.72 Å². The molecule has 1 aromatic rings. The van der Waals surface area contributed by atoms with Crippen LogP contribution in [-0.4, -0.2) is 30.1 Å². The first kappa shape index (κ1) is 17.2. The maximum atomic E-state index is 13.4. The van der Waals surface area contributed by atoms with Gasteiger partial charge in [-0.2, -0.15) is 21.6 Å². The van der Waals surface area contributed by atoms with Crippen LogP contribution in [0, 0.1) is 23.7 Å². The van der Waals surface area contributed by atoms with Gasteiger partial charge in [-0.05, 0) is 37.5 Å². The van der Waals surface area contributed by atoms with Crippen molar-refractivity contribution in [3.8, 4) is 0 Å². The van der Waals surface area contributed by atoms with E-state index >= 15 is 0 Å². The second-order valence-electron chi connectivity index (χ2n) is 6.62. The van der Waals surface area contributed by atoms with Crippen molar-refractivity contribution < 1.29 is 26.4 Å². The van der Waals surface area contributed by atoms with Crippen molar-refractivity contribution in [2.45, 2.75) is 36.9 Å². The first-order chi connectivity index (χ1) is 11.1. The van der Waals surface area contributed by atoms with Crippen LogP contribution in [0.15, 0.2) is 17.6 Å². The molecule has 0 radical (unpaired) electrons. The summed E-state index contributed by atoms with van der Waals surface area (Å²) >= 11 is 0. The lowest BCUT2D eigenvalue weighted by atomic mass is 9.58. The number of fused-ring (bicyclic) bond motifs is 3. The summed E-state index contributed by atoms with van der Waals surface area (Å²) in [6, 6.07) is 0.